The lowest BCUT2D eigenvalue weighted by Gasteiger charge is -2.04. The van der Waals surface area contributed by atoms with Gasteiger partial charge >= 0.3 is 0 Å². The first kappa shape index (κ1) is 9.00. The van der Waals surface area contributed by atoms with Crippen LogP contribution in [0.4, 0.5) is 0 Å². The number of hydrogen-bond acceptors (Lipinski definition) is 0. The molecular weight excluding hydrogens is 163 g/mol. The van der Waals surface area contributed by atoms with Gasteiger partial charge in [-0.2, -0.15) is 0 Å². The van der Waals surface area contributed by atoms with Crippen LogP contribution in [0.15, 0.2) is 0 Å². The van der Waals surface area contributed by atoms with E-state index in [0.717, 1.165) is 0 Å². The molecule has 70 valence electrons. The van der Waals surface area contributed by atoms with Gasteiger partial charge in [0.05, 0.1) is 0 Å². The molecule has 2 fully saturated rings. The summed E-state index contributed by atoms with van der Waals surface area (Å²) < 4.78 is 0. The normalized spacial score (nSPS) is 41.2. The Hall–Kier alpha value is 0.430. The minimum Gasteiger partial charge on any atom is -0.0991 e. The van der Waals surface area contributed by atoms with Crippen molar-refractivity contribution in [1.82, 2.24) is 0 Å². The van der Waals surface area contributed by atoms with Gasteiger partial charge in [0, 0.05) is 0 Å². The van der Waals surface area contributed by atoms with E-state index in [9.17, 15) is 0 Å². The van der Waals surface area contributed by atoms with Crippen LogP contribution in [0, 0.1) is 0 Å². The first-order valence-electron chi connectivity index (χ1n) is 5.69. The molecule has 12 heavy (non-hydrogen) atoms. The lowest BCUT2D eigenvalue weighted by atomic mass is 10.0. The molecule has 1 saturated carbocycles. The number of rotatable bonds is 2. The van der Waals surface area contributed by atoms with Gasteiger partial charge in [-0.1, -0.05) is 46.9 Å². The van der Waals surface area contributed by atoms with Crippen LogP contribution < -0.4 is 0 Å². The molecule has 1 aliphatic heterocycles. The zero-order valence-corrected chi connectivity index (χ0v) is 9.15. The van der Waals surface area contributed by atoms with Gasteiger partial charge in [0.1, 0.15) is 0 Å². The standard InChI is InChI=1S/C11H21P/c1-2-9-12-10-7-5-3-4-6-8-11(10)12/h10-11H,2-9H2,1H3. The predicted molar refractivity (Wildman–Crippen MR) is 57.4 cm³/mol. The van der Waals surface area contributed by atoms with Crippen molar-refractivity contribution < 1.29 is 0 Å². The fourth-order valence-electron chi connectivity index (χ4n) is 2.76. The molecule has 2 aliphatic rings. The molecule has 2 atom stereocenters. The van der Waals surface area contributed by atoms with Gasteiger partial charge in [0.25, 0.3) is 0 Å². The Morgan fingerprint density at radius 1 is 1.00 bits per heavy atom. The molecule has 1 heterocycles. The maximum atomic E-state index is 2.36. The van der Waals surface area contributed by atoms with E-state index in [4.69, 9.17) is 0 Å². The van der Waals surface area contributed by atoms with E-state index in [1.54, 1.807) is 31.8 Å². The van der Waals surface area contributed by atoms with Crippen LogP contribution in [0.5, 0.6) is 0 Å². The zero-order valence-electron chi connectivity index (χ0n) is 8.26. The molecule has 2 unspecified atom stereocenters. The smallest absolute Gasteiger partial charge is 0.0139 e. The molecule has 0 bridgehead atoms. The highest BCUT2D eigenvalue weighted by atomic mass is 31.1. The maximum Gasteiger partial charge on any atom is -0.0139 e. The van der Waals surface area contributed by atoms with Crippen LogP contribution in [-0.2, 0) is 0 Å². The van der Waals surface area contributed by atoms with E-state index < -0.39 is 0 Å². The Kier molecular flexibility index (Phi) is 3.07. The largest absolute Gasteiger partial charge is 0.0991 e. The van der Waals surface area contributed by atoms with Crippen molar-refractivity contribution >= 4 is 7.92 Å². The first-order chi connectivity index (χ1) is 5.93. The summed E-state index contributed by atoms with van der Waals surface area (Å²) in [5.41, 5.74) is 2.47. The van der Waals surface area contributed by atoms with Crippen molar-refractivity contribution in [3.8, 4) is 0 Å². The highest BCUT2D eigenvalue weighted by Crippen LogP contribution is 2.70. The number of hydrogen-bond donors (Lipinski definition) is 0. The van der Waals surface area contributed by atoms with E-state index in [1.165, 1.54) is 30.6 Å². The molecule has 0 radical (unpaired) electrons. The van der Waals surface area contributed by atoms with E-state index in [0.29, 0.717) is 7.92 Å². The van der Waals surface area contributed by atoms with Crippen molar-refractivity contribution in [3.05, 3.63) is 0 Å². The van der Waals surface area contributed by atoms with Gasteiger partial charge in [0.2, 0.25) is 0 Å². The van der Waals surface area contributed by atoms with Crippen molar-refractivity contribution in [1.29, 1.82) is 0 Å². The van der Waals surface area contributed by atoms with Crippen LogP contribution in [0.25, 0.3) is 0 Å². The highest BCUT2D eigenvalue weighted by molar-refractivity contribution is 7.67. The first-order valence-corrected chi connectivity index (χ1v) is 7.35. The molecule has 0 amide bonds. The fraction of sp³-hybridized carbons (Fsp3) is 1.00. The Labute approximate surface area is 77.9 Å². The summed E-state index contributed by atoms with van der Waals surface area (Å²) in [7, 11) is 0.551. The molecule has 1 aliphatic carbocycles. The molecule has 0 aromatic heterocycles. The van der Waals surface area contributed by atoms with Crippen LogP contribution in [0.1, 0.15) is 51.9 Å². The van der Waals surface area contributed by atoms with E-state index >= 15 is 0 Å². The maximum absolute atomic E-state index is 2.36. The van der Waals surface area contributed by atoms with Gasteiger partial charge in [-0.05, 0) is 30.3 Å². The SMILES string of the molecule is CCCP1C2CCCCCCC21. The van der Waals surface area contributed by atoms with Crippen molar-refractivity contribution in [2.75, 3.05) is 6.16 Å². The molecule has 0 nitrogen and oxygen atoms in total. The van der Waals surface area contributed by atoms with Crippen LogP contribution in [0.3, 0.4) is 0 Å². The summed E-state index contributed by atoms with van der Waals surface area (Å²) >= 11 is 0. The van der Waals surface area contributed by atoms with Crippen LogP contribution in [0.2, 0.25) is 0 Å². The molecule has 2 rings (SSSR count). The van der Waals surface area contributed by atoms with Gasteiger partial charge in [-0.25, -0.2) is 0 Å². The fourth-order valence-corrected chi connectivity index (χ4v) is 6.33. The third-order valence-electron chi connectivity index (χ3n) is 3.44. The number of fused-ring (bicyclic) bond motifs is 1. The summed E-state index contributed by atoms with van der Waals surface area (Å²) in [6, 6.07) is 0. The Morgan fingerprint density at radius 2 is 1.58 bits per heavy atom. The second-order valence-corrected chi connectivity index (χ2v) is 7.17. The molecule has 0 aromatic carbocycles. The molecule has 1 saturated heterocycles. The van der Waals surface area contributed by atoms with Crippen LogP contribution >= 0.6 is 7.92 Å². The Balaban J connectivity index is 1.81. The minimum atomic E-state index is 0.551. The topological polar surface area (TPSA) is 0 Å². The third kappa shape index (κ3) is 1.84. The molecular formula is C11H21P. The Bertz CT molecular complexity index is 123. The molecule has 0 N–H and O–H groups in total. The van der Waals surface area contributed by atoms with E-state index in [-0.39, 0.29) is 0 Å². The van der Waals surface area contributed by atoms with Crippen molar-refractivity contribution in [2.24, 2.45) is 0 Å². The summed E-state index contributed by atoms with van der Waals surface area (Å²) in [6.45, 7) is 2.36. The average Bonchev–Trinajstić information content (AvgIpc) is 2.61. The summed E-state index contributed by atoms with van der Waals surface area (Å²) in [4.78, 5) is 0. The minimum absolute atomic E-state index is 0.551. The Morgan fingerprint density at radius 3 is 2.08 bits per heavy atom. The second kappa shape index (κ2) is 4.09. The van der Waals surface area contributed by atoms with Gasteiger partial charge in [-0.15, -0.1) is 0 Å². The van der Waals surface area contributed by atoms with Crippen molar-refractivity contribution in [2.45, 2.75) is 63.2 Å². The summed E-state index contributed by atoms with van der Waals surface area (Å²) in [5, 5.41) is 0. The highest BCUT2D eigenvalue weighted by Gasteiger charge is 2.47. The van der Waals surface area contributed by atoms with Crippen molar-refractivity contribution in [3.63, 3.8) is 0 Å². The zero-order chi connectivity index (χ0) is 8.39. The average molecular weight is 184 g/mol. The summed E-state index contributed by atoms with van der Waals surface area (Å²) in [6.07, 6.45) is 12.4. The summed E-state index contributed by atoms with van der Waals surface area (Å²) in [5.74, 6) is 0. The van der Waals surface area contributed by atoms with Gasteiger partial charge in [0.15, 0.2) is 0 Å². The van der Waals surface area contributed by atoms with E-state index in [2.05, 4.69) is 6.92 Å². The monoisotopic (exact) mass is 184 g/mol. The van der Waals surface area contributed by atoms with Gasteiger partial charge < -0.3 is 0 Å². The third-order valence-corrected chi connectivity index (χ3v) is 7.00. The predicted octanol–water partition coefficient (Wildman–Crippen LogP) is 3.98. The van der Waals surface area contributed by atoms with E-state index in [1.807, 2.05) is 0 Å². The molecule has 0 aromatic rings. The van der Waals surface area contributed by atoms with Gasteiger partial charge in [-0.3, -0.25) is 0 Å². The lowest BCUT2D eigenvalue weighted by Crippen LogP contribution is -1.97. The quantitative estimate of drug-likeness (QED) is 0.569. The molecule has 0 spiro atoms. The molecule has 1 heteroatoms. The lowest BCUT2D eigenvalue weighted by molar-refractivity contribution is 0.551. The second-order valence-electron chi connectivity index (χ2n) is 4.36. The van der Waals surface area contributed by atoms with Crippen LogP contribution in [-0.4, -0.2) is 17.5 Å².